The van der Waals surface area contributed by atoms with Crippen LogP contribution in [0.4, 0.5) is 10.1 Å². The van der Waals surface area contributed by atoms with Gasteiger partial charge in [0.25, 0.3) is 10.0 Å². The zero-order valence-electron chi connectivity index (χ0n) is 15.4. The van der Waals surface area contributed by atoms with Crippen molar-refractivity contribution >= 4 is 15.7 Å². The molecule has 0 amide bonds. The van der Waals surface area contributed by atoms with Crippen LogP contribution in [0.3, 0.4) is 0 Å². The first-order valence-corrected chi connectivity index (χ1v) is 9.71. The maximum absolute atomic E-state index is 13.6. The van der Waals surface area contributed by atoms with Gasteiger partial charge in [-0.05, 0) is 49.2 Å². The van der Waals surface area contributed by atoms with Crippen molar-refractivity contribution in [3.63, 3.8) is 0 Å². The Morgan fingerprint density at radius 1 is 1.00 bits per heavy atom. The summed E-state index contributed by atoms with van der Waals surface area (Å²) >= 11 is 0. The number of hydrogen-bond donors (Lipinski definition) is 1. The smallest absolute Gasteiger partial charge is 0.322 e. The van der Waals surface area contributed by atoms with Crippen molar-refractivity contribution in [3.05, 3.63) is 65.7 Å². The molecule has 0 atom stereocenters. The van der Waals surface area contributed by atoms with Crippen molar-refractivity contribution in [3.8, 4) is 17.5 Å². The first kappa shape index (κ1) is 19.6. The summed E-state index contributed by atoms with van der Waals surface area (Å²) in [6.07, 6.45) is 2.49. The zero-order chi connectivity index (χ0) is 20.3. The van der Waals surface area contributed by atoms with Crippen LogP contribution in [-0.4, -0.2) is 25.5 Å². The molecule has 0 fully saturated rings. The van der Waals surface area contributed by atoms with Crippen molar-refractivity contribution in [2.24, 2.45) is 0 Å². The highest BCUT2D eigenvalue weighted by molar-refractivity contribution is 7.92. The summed E-state index contributed by atoms with van der Waals surface area (Å²) in [5, 5.41) is 0. The third-order valence-electron chi connectivity index (χ3n) is 3.90. The van der Waals surface area contributed by atoms with Gasteiger partial charge < -0.3 is 9.47 Å². The van der Waals surface area contributed by atoms with Gasteiger partial charge in [-0.15, -0.1) is 0 Å². The van der Waals surface area contributed by atoms with E-state index in [2.05, 4.69) is 14.7 Å². The lowest BCUT2D eigenvalue weighted by molar-refractivity contribution is 0.411. The number of methoxy groups -OCH3 is 1. The SMILES string of the molecule is COc1cc(C)c(S(=O)(=O)Nc2cnc(Oc3ccccc3F)nc2)cc1C. The standard InChI is InChI=1S/C19H18FN3O4S/c1-12-9-18(13(2)8-17(12)26-3)28(24,25)23-14-10-21-19(22-11-14)27-16-7-5-4-6-15(16)20/h4-11,23H,1-3H3. The van der Waals surface area contributed by atoms with Crippen molar-refractivity contribution in [2.45, 2.75) is 18.7 Å². The summed E-state index contributed by atoms with van der Waals surface area (Å²) in [7, 11) is -2.33. The second-order valence-electron chi connectivity index (χ2n) is 5.98. The number of sulfonamides is 1. The third-order valence-corrected chi connectivity index (χ3v) is 5.42. The lowest BCUT2D eigenvalue weighted by atomic mass is 10.1. The highest BCUT2D eigenvalue weighted by atomic mass is 32.2. The van der Waals surface area contributed by atoms with Gasteiger partial charge in [0, 0.05) is 0 Å². The summed E-state index contributed by atoms with van der Waals surface area (Å²) in [6.45, 7) is 3.44. The molecular weight excluding hydrogens is 385 g/mol. The van der Waals surface area contributed by atoms with Crippen LogP contribution < -0.4 is 14.2 Å². The molecule has 7 nitrogen and oxygen atoms in total. The molecule has 0 unspecified atom stereocenters. The van der Waals surface area contributed by atoms with E-state index < -0.39 is 15.8 Å². The third kappa shape index (κ3) is 4.20. The first-order chi connectivity index (χ1) is 13.3. The fourth-order valence-electron chi connectivity index (χ4n) is 2.53. The monoisotopic (exact) mass is 403 g/mol. The number of nitrogens with one attached hydrogen (secondary N) is 1. The Morgan fingerprint density at radius 2 is 1.68 bits per heavy atom. The molecule has 3 rings (SSSR count). The molecule has 0 saturated carbocycles. The number of aryl methyl sites for hydroxylation is 2. The molecule has 0 radical (unpaired) electrons. The lowest BCUT2D eigenvalue weighted by Crippen LogP contribution is -2.15. The normalized spacial score (nSPS) is 11.1. The van der Waals surface area contributed by atoms with Gasteiger partial charge in [-0.3, -0.25) is 4.72 Å². The van der Waals surface area contributed by atoms with E-state index in [1.165, 1.54) is 43.8 Å². The minimum absolute atomic E-state index is 0.0276. The van der Waals surface area contributed by atoms with Gasteiger partial charge in [0.2, 0.25) is 0 Å². The Balaban J connectivity index is 1.80. The fraction of sp³-hybridized carbons (Fsp3) is 0.158. The molecule has 0 aliphatic heterocycles. The number of benzene rings is 2. The van der Waals surface area contributed by atoms with Crippen LogP contribution >= 0.6 is 0 Å². The molecule has 2 aromatic carbocycles. The molecule has 28 heavy (non-hydrogen) atoms. The van der Waals surface area contributed by atoms with E-state index in [4.69, 9.17) is 9.47 Å². The Hall–Kier alpha value is -3.20. The van der Waals surface area contributed by atoms with Crippen molar-refractivity contribution in [1.82, 2.24) is 9.97 Å². The summed E-state index contributed by atoms with van der Waals surface area (Å²) in [6, 6.07) is 8.91. The molecular formula is C19H18FN3O4S. The van der Waals surface area contributed by atoms with Gasteiger partial charge in [-0.25, -0.2) is 22.8 Å². The molecule has 9 heteroatoms. The fourth-order valence-corrected chi connectivity index (χ4v) is 3.87. The predicted molar refractivity (Wildman–Crippen MR) is 102 cm³/mol. The van der Waals surface area contributed by atoms with Crippen molar-refractivity contribution in [1.29, 1.82) is 0 Å². The number of para-hydroxylation sites is 1. The van der Waals surface area contributed by atoms with E-state index >= 15 is 0 Å². The van der Waals surface area contributed by atoms with Gasteiger partial charge in [0.05, 0.1) is 30.1 Å². The van der Waals surface area contributed by atoms with Crippen LogP contribution in [0.1, 0.15) is 11.1 Å². The Morgan fingerprint density at radius 3 is 2.32 bits per heavy atom. The van der Waals surface area contributed by atoms with Crippen LogP contribution in [0, 0.1) is 19.7 Å². The predicted octanol–water partition coefficient (Wildman–Crippen LogP) is 3.83. The number of nitrogens with zero attached hydrogens (tertiary/aromatic N) is 2. The summed E-state index contributed by atoms with van der Waals surface area (Å²) in [5.41, 5.74) is 1.38. The maximum atomic E-state index is 13.6. The average molecular weight is 403 g/mol. The second-order valence-corrected chi connectivity index (χ2v) is 7.63. The number of ether oxygens (including phenoxy) is 2. The minimum atomic E-state index is -3.86. The van der Waals surface area contributed by atoms with Gasteiger partial charge in [0.15, 0.2) is 11.6 Å². The van der Waals surface area contributed by atoms with Gasteiger partial charge in [0.1, 0.15) is 5.75 Å². The van der Waals surface area contributed by atoms with Crippen LogP contribution in [-0.2, 0) is 10.0 Å². The second kappa shape index (κ2) is 7.81. The summed E-state index contributed by atoms with van der Waals surface area (Å²) in [5.74, 6) is 0.0239. The number of aromatic nitrogens is 2. The Bertz CT molecular complexity index is 1100. The summed E-state index contributed by atoms with van der Waals surface area (Å²) in [4.78, 5) is 7.95. The molecule has 3 aromatic rings. The maximum Gasteiger partial charge on any atom is 0.322 e. The number of hydrogen-bond acceptors (Lipinski definition) is 6. The van der Waals surface area contributed by atoms with Crippen molar-refractivity contribution < 1.29 is 22.3 Å². The largest absolute Gasteiger partial charge is 0.496 e. The zero-order valence-corrected chi connectivity index (χ0v) is 16.2. The van der Waals surface area contributed by atoms with E-state index in [1.54, 1.807) is 26.0 Å². The molecule has 1 aromatic heterocycles. The van der Waals surface area contributed by atoms with Crippen molar-refractivity contribution in [2.75, 3.05) is 11.8 Å². The molecule has 1 N–H and O–H groups in total. The van der Waals surface area contributed by atoms with Crippen LogP contribution in [0.25, 0.3) is 0 Å². The Kier molecular flexibility index (Phi) is 5.46. The number of halogens is 1. The summed E-state index contributed by atoms with van der Waals surface area (Å²) < 4.78 is 51.9. The average Bonchev–Trinajstić information content (AvgIpc) is 2.66. The highest BCUT2D eigenvalue weighted by Gasteiger charge is 2.19. The molecule has 0 saturated heterocycles. The van der Waals surface area contributed by atoms with E-state index in [0.29, 0.717) is 16.9 Å². The molecule has 1 heterocycles. The molecule has 0 aliphatic carbocycles. The van der Waals surface area contributed by atoms with E-state index in [9.17, 15) is 12.8 Å². The number of rotatable bonds is 6. The van der Waals surface area contributed by atoms with Gasteiger partial charge in [-0.2, -0.15) is 0 Å². The minimum Gasteiger partial charge on any atom is -0.496 e. The lowest BCUT2D eigenvalue weighted by Gasteiger charge is -2.13. The van der Waals surface area contributed by atoms with E-state index in [0.717, 1.165) is 0 Å². The Labute approximate surface area is 162 Å². The molecule has 146 valence electrons. The van der Waals surface area contributed by atoms with Crippen LogP contribution in [0.15, 0.2) is 53.7 Å². The highest BCUT2D eigenvalue weighted by Crippen LogP contribution is 2.27. The quantitative estimate of drug-likeness (QED) is 0.673. The van der Waals surface area contributed by atoms with Gasteiger partial charge in [-0.1, -0.05) is 12.1 Å². The van der Waals surface area contributed by atoms with Crippen LogP contribution in [0.2, 0.25) is 0 Å². The van der Waals surface area contributed by atoms with E-state index in [1.807, 2.05) is 0 Å². The van der Waals surface area contributed by atoms with Crippen LogP contribution in [0.5, 0.6) is 17.5 Å². The molecule has 0 aliphatic rings. The van der Waals surface area contributed by atoms with Gasteiger partial charge >= 0.3 is 6.01 Å². The molecule has 0 bridgehead atoms. The molecule has 0 spiro atoms. The number of anilines is 1. The van der Waals surface area contributed by atoms with E-state index in [-0.39, 0.29) is 22.3 Å². The first-order valence-electron chi connectivity index (χ1n) is 8.22. The topological polar surface area (TPSA) is 90.4 Å².